The van der Waals surface area contributed by atoms with Gasteiger partial charge in [-0.1, -0.05) is 36.4 Å². The van der Waals surface area contributed by atoms with Crippen LogP contribution in [0.3, 0.4) is 0 Å². The molecule has 1 aliphatic heterocycles. The van der Waals surface area contributed by atoms with Crippen LogP contribution in [0.1, 0.15) is 17.3 Å². The van der Waals surface area contributed by atoms with E-state index in [4.69, 9.17) is 4.74 Å². The van der Waals surface area contributed by atoms with Crippen LogP contribution < -0.4 is 9.64 Å². The first kappa shape index (κ1) is 18.4. The fraction of sp³-hybridized carbons (Fsp3) is 0.0870. The molecule has 6 nitrogen and oxygen atoms in total. The molecule has 1 saturated heterocycles. The molecule has 0 spiro atoms. The minimum absolute atomic E-state index is 0.0259. The van der Waals surface area contributed by atoms with Crippen LogP contribution in [0, 0.1) is 0 Å². The lowest BCUT2D eigenvalue weighted by Crippen LogP contribution is -2.29. The van der Waals surface area contributed by atoms with Gasteiger partial charge >= 0.3 is 0 Å². The first-order valence-corrected chi connectivity index (χ1v) is 9.04. The number of hydrogen-bond acceptors (Lipinski definition) is 5. The number of carbonyl (C=O) groups is 2. The summed E-state index contributed by atoms with van der Waals surface area (Å²) in [6.07, 6.45) is 1.59. The van der Waals surface area contributed by atoms with E-state index in [-0.39, 0.29) is 11.3 Å². The molecular weight excluding hydrogens is 368 g/mol. The normalized spacial score (nSPS) is 18.1. The van der Waals surface area contributed by atoms with Crippen molar-refractivity contribution in [3.05, 3.63) is 95.8 Å². The van der Waals surface area contributed by atoms with E-state index in [1.165, 1.54) is 12.0 Å². The van der Waals surface area contributed by atoms with E-state index in [9.17, 15) is 14.7 Å². The van der Waals surface area contributed by atoms with Crippen LogP contribution in [0.4, 0.5) is 5.69 Å². The average Bonchev–Trinajstić information content (AvgIpc) is 3.05. The smallest absolute Gasteiger partial charge is 0.300 e. The molecule has 0 radical (unpaired) electrons. The number of ether oxygens (including phenoxy) is 1. The van der Waals surface area contributed by atoms with Gasteiger partial charge in [-0.3, -0.25) is 19.5 Å². The Labute approximate surface area is 167 Å². The third kappa shape index (κ3) is 3.14. The molecule has 1 aromatic heterocycles. The highest BCUT2D eigenvalue weighted by molar-refractivity contribution is 6.51. The molecule has 1 aliphatic rings. The van der Waals surface area contributed by atoms with E-state index in [0.717, 1.165) is 0 Å². The molecule has 2 heterocycles. The number of aromatic nitrogens is 1. The van der Waals surface area contributed by atoms with Crippen molar-refractivity contribution in [3.63, 3.8) is 0 Å². The van der Waals surface area contributed by atoms with Crippen molar-refractivity contribution >= 4 is 23.1 Å². The van der Waals surface area contributed by atoms with Crippen LogP contribution in [0.2, 0.25) is 0 Å². The molecule has 1 unspecified atom stereocenters. The zero-order valence-electron chi connectivity index (χ0n) is 15.6. The topological polar surface area (TPSA) is 79.7 Å². The van der Waals surface area contributed by atoms with E-state index < -0.39 is 17.7 Å². The number of aliphatic hydroxyl groups excluding tert-OH is 1. The fourth-order valence-electron chi connectivity index (χ4n) is 3.49. The number of ketones is 1. The lowest BCUT2D eigenvalue weighted by atomic mass is 9.97. The van der Waals surface area contributed by atoms with Crippen molar-refractivity contribution in [1.29, 1.82) is 0 Å². The average molecular weight is 386 g/mol. The first-order chi connectivity index (χ1) is 14.1. The van der Waals surface area contributed by atoms with Gasteiger partial charge in [0.1, 0.15) is 17.6 Å². The number of benzene rings is 2. The van der Waals surface area contributed by atoms with Crippen LogP contribution in [0.5, 0.6) is 5.75 Å². The summed E-state index contributed by atoms with van der Waals surface area (Å²) in [5.41, 5.74) is 1.33. The fourth-order valence-corrected chi connectivity index (χ4v) is 3.49. The highest BCUT2D eigenvalue weighted by atomic mass is 16.5. The quantitative estimate of drug-likeness (QED) is 0.420. The molecule has 6 heteroatoms. The van der Waals surface area contributed by atoms with E-state index in [1.807, 2.05) is 6.07 Å². The van der Waals surface area contributed by atoms with Crippen molar-refractivity contribution in [2.24, 2.45) is 0 Å². The largest absolute Gasteiger partial charge is 0.507 e. The molecule has 2 aromatic carbocycles. The van der Waals surface area contributed by atoms with Crippen LogP contribution >= 0.6 is 0 Å². The number of para-hydroxylation sites is 2. The maximum absolute atomic E-state index is 13.0. The van der Waals surface area contributed by atoms with Crippen molar-refractivity contribution in [2.75, 3.05) is 12.0 Å². The molecule has 4 rings (SSSR count). The van der Waals surface area contributed by atoms with E-state index in [2.05, 4.69) is 4.98 Å². The molecule has 0 bridgehead atoms. The minimum atomic E-state index is -0.858. The third-order valence-corrected chi connectivity index (χ3v) is 4.81. The van der Waals surface area contributed by atoms with Gasteiger partial charge in [0.25, 0.3) is 11.7 Å². The Kier molecular flexibility index (Phi) is 4.83. The van der Waals surface area contributed by atoms with Crippen LogP contribution in [0.15, 0.2) is 84.6 Å². The molecular formula is C23H18N2O4. The number of aliphatic hydroxyl groups is 1. The Bertz CT molecular complexity index is 1090. The minimum Gasteiger partial charge on any atom is -0.507 e. The predicted octanol–water partition coefficient (Wildman–Crippen LogP) is 3.72. The summed E-state index contributed by atoms with van der Waals surface area (Å²) in [6, 6.07) is 20.1. The summed E-state index contributed by atoms with van der Waals surface area (Å²) < 4.78 is 5.32. The Balaban J connectivity index is 1.97. The number of carbonyl (C=O) groups excluding carboxylic acids is 2. The Morgan fingerprint density at radius 3 is 2.34 bits per heavy atom. The molecule has 1 amide bonds. The van der Waals surface area contributed by atoms with Crippen molar-refractivity contribution in [3.8, 4) is 5.75 Å². The van der Waals surface area contributed by atoms with Gasteiger partial charge in [-0.25, -0.2) is 0 Å². The lowest BCUT2D eigenvalue weighted by Gasteiger charge is -2.24. The van der Waals surface area contributed by atoms with E-state index in [1.54, 1.807) is 72.9 Å². The summed E-state index contributed by atoms with van der Waals surface area (Å²) in [5.74, 6) is -1.39. The zero-order chi connectivity index (χ0) is 20.4. The second-order valence-electron chi connectivity index (χ2n) is 6.46. The van der Waals surface area contributed by atoms with Gasteiger partial charge in [0.15, 0.2) is 0 Å². The summed E-state index contributed by atoms with van der Waals surface area (Å²) in [4.78, 5) is 31.7. The van der Waals surface area contributed by atoms with Gasteiger partial charge in [-0.05, 0) is 36.4 Å². The number of anilines is 1. The third-order valence-electron chi connectivity index (χ3n) is 4.81. The maximum atomic E-state index is 13.0. The SMILES string of the molecule is COc1ccccc1/C(O)=C1/C(=O)C(=O)N(c2ccccc2)C1c1ccccn1. The van der Waals surface area contributed by atoms with E-state index >= 15 is 0 Å². The summed E-state index contributed by atoms with van der Waals surface area (Å²) >= 11 is 0. The van der Waals surface area contributed by atoms with Gasteiger partial charge in [-0.2, -0.15) is 0 Å². The lowest BCUT2D eigenvalue weighted by molar-refractivity contribution is -0.132. The Hall–Kier alpha value is -3.93. The molecule has 1 atom stereocenters. The van der Waals surface area contributed by atoms with Crippen LogP contribution in [0.25, 0.3) is 5.76 Å². The molecule has 0 aliphatic carbocycles. The Morgan fingerprint density at radius 1 is 0.966 bits per heavy atom. The maximum Gasteiger partial charge on any atom is 0.300 e. The molecule has 1 fully saturated rings. The van der Waals surface area contributed by atoms with Crippen molar-refractivity contribution < 1.29 is 19.4 Å². The van der Waals surface area contributed by atoms with Crippen molar-refractivity contribution in [2.45, 2.75) is 6.04 Å². The van der Waals surface area contributed by atoms with Gasteiger partial charge < -0.3 is 9.84 Å². The second kappa shape index (κ2) is 7.59. The van der Waals surface area contributed by atoms with Crippen LogP contribution in [-0.2, 0) is 9.59 Å². The van der Waals surface area contributed by atoms with Gasteiger partial charge in [0.05, 0.1) is 23.9 Å². The number of nitrogens with zero attached hydrogens (tertiary/aromatic N) is 2. The zero-order valence-corrected chi connectivity index (χ0v) is 15.6. The highest BCUT2D eigenvalue weighted by Crippen LogP contribution is 2.42. The monoisotopic (exact) mass is 386 g/mol. The van der Waals surface area contributed by atoms with Gasteiger partial charge in [0.2, 0.25) is 0 Å². The molecule has 144 valence electrons. The first-order valence-electron chi connectivity index (χ1n) is 9.04. The number of rotatable bonds is 4. The van der Waals surface area contributed by atoms with Gasteiger partial charge in [-0.15, -0.1) is 0 Å². The molecule has 29 heavy (non-hydrogen) atoms. The molecule has 1 N–H and O–H groups in total. The number of amides is 1. The molecule has 0 saturated carbocycles. The number of hydrogen-bond donors (Lipinski definition) is 1. The summed E-state index contributed by atoms with van der Waals surface area (Å²) in [5, 5.41) is 11.1. The van der Waals surface area contributed by atoms with E-state index in [0.29, 0.717) is 22.7 Å². The summed E-state index contributed by atoms with van der Waals surface area (Å²) in [7, 11) is 1.48. The van der Waals surface area contributed by atoms with Crippen LogP contribution in [-0.4, -0.2) is 28.9 Å². The number of methoxy groups -OCH3 is 1. The predicted molar refractivity (Wildman–Crippen MR) is 108 cm³/mol. The second-order valence-corrected chi connectivity index (χ2v) is 6.46. The molecule has 3 aromatic rings. The Morgan fingerprint density at radius 2 is 1.66 bits per heavy atom. The van der Waals surface area contributed by atoms with Gasteiger partial charge in [0, 0.05) is 11.9 Å². The number of Topliss-reactive ketones (excluding diaryl/α,β-unsaturated/α-hetero) is 1. The summed E-state index contributed by atoms with van der Waals surface area (Å²) in [6.45, 7) is 0. The highest BCUT2D eigenvalue weighted by Gasteiger charge is 2.47. The van der Waals surface area contributed by atoms with Crippen molar-refractivity contribution in [1.82, 2.24) is 4.98 Å². The standard InChI is InChI=1S/C23H18N2O4/c1-29-18-13-6-5-11-16(18)21(26)19-20(17-12-7-8-14-24-17)25(23(28)22(19)27)15-9-3-2-4-10-15/h2-14,20,26H,1H3/b21-19-. The number of pyridine rings is 1.